The molecule has 0 aliphatic heterocycles. The maximum atomic E-state index is 3.67. The zero-order chi connectivity index (χ0) is 11.0. The fourth-order valence-electron chi connectivity index (χ4n) is 0.743. The van der Waals surface area contributed by atoms with E-state index in [9.17, 15) is 0 Å². The van der Waals surface area contributed by atoms with E-state index < -0.39 is 0 Å². The van der Waals surface area contributed by atoms with Crippen LogP contribution in [0.15, 0.2) is 43.0 Å². The van der Waals surface area contributed by atoms with Crippen LogP contribution in [0.2, 0.25) is 0 Å². The Kier molecular flexibility index (Phi) is 7.13. The summed E-state index contributed by atoms with van der Waals surface area (Å²) in [5.41, 5.74) is 3.63. The minimum atomic E-state index is 0.921. The molecule has 1 aromatic carbocycles. The van der Waals surface area contributed by atoms with Gasteiger partial charge in [-0.1, -0.05) is 58.4 Å². The monoisotopic (exact) mass is 252 g/mol. The van der Waals surface area contributed by atoms with Crippen molar-refractivity contribution in [2.24, 2.45) is 0 Å². The predicted octanol–water partition coefficient (Wildman–Crippen LogP) is 4.81. The smallest absolute Gasteiger partial charge is 0.0283 e. The van der Waals surface area contributed by atoms with Gasteiger partial charge in [0.05, 0.1) is 0 Å². The van der Waals surface area contributed by atoms with Gasteiger partial charge in [0.2, 0.25) is 0 Å². The molecule has 1 aromatic rings. The standard InChI is InChI=1S/C9H9Br.C4H8/c1-2-8-3-5-9(7-10)6-4-8;1-4(2)3/h2-6H,1,7H2;1H2,2-3H3. The van der Waals surface area contributed by atoms with Gasteiger partial charge in [-0.15, -0.1) is 6.58 Å². The largest absolute Gasteiger partial charge is 0.100 e. The lowest BCUT2D eigenvalue weighted by atomic mass is 10.2. The molecule has 1 rings (SSSR count). The maximum Gasteiger partial charge on any atom is 0.0283 e. The lowest BCUT2D eigenvalue weighted by Gasteiger charge is -1.94. The van der Waals surface area contributed by atoms with Gasteiger partial charge in [0.15, 0.2) is 0 Å². The van der Waals surface area contributed by atoms with Gasteiger partial charge in [0.1, 0.15) is 0 Å². The number of rotatable bonds is 2. The number of hydrogen-bond donors (Lipinski definition) is 0. The number of hydrogen-bond acceptors (Lipinski definition) is 0. The molecule has 76 valence electrons. The molecule has 0 unspecified atom stereocenters. The topological polar surface area (TPSA) is 0 Å². The Morgan fingerprint density at radius 3 is 2.00 bits per heavy atom. The second-order valence-electron chi connectivity index (χ2n) is 3.29. The van der Waals surface area contributed by atoms with Crippen LogP contribution < -0.4 is 0 Å². The van der Waals surface area contributed by atoms with E-state index >= 15 is 0 Å². The number of allylic oxidation sites excluding steroid dienone is 1. The van der Waals surface area contributed by atoms with Crippen molar-refractivity contribution in [2.75, 3.05) is 0 Å². The number of alkyl halides is 1. The molecule has 0 N–H and O–H groups in total. The molecule has 0 radical (unpaired) electrons. The van der Waals surface area contributed by atoms with Crippen LogP contribution in [0.4, 0.5) is 0 Å². The zero-order valence-electron chi connectivity index (χ0n) is 8.89. The molecule has 0 nitrogen and oxygen atoms in total. The molecule has 1 heteroatoms. The summed E-state index contributed by atoms with van der Waals surface area (Å²) < 4.78 is 0. The molecule has 0 aromatic heterocycles. The number of halogens is 1. The average molecular weight is 253 g/mol. The molecule has 0 bridgehead atoms. The van der Waals surface area contributed by atoms with Gasteiger partial charge in [-0.25, -0.2) is 0 Å². The lowest BCUT2D eigenvalue weighted by Crippen LogP contribution is -1.75. The third kappa shape index (κ3) is 6.67. The van der Waals surface area contributed by atoms with E-state index in [4.69, 9.17) is 0 Å². The van der Waals surface area contributed by atoms with E-state index in [0.29, 0.717) is 0 Å². The predicted molar refractivity (Wildman–Crippen MR) is 69.7 cm³/mol. The molecule has 0 saturated carbocycles. The highest BCUT2D eigenvalue weighted by Gasteiger charge is 1.87. The first-order valence-corrected chi connectivity index (χ1v) is 5.61. The minimum Gasteiger partial charge on any atom is -0.100 e. The first kappa shape index (κ1) is 13.2. The van der Waals surface area contributed by atoms with Crippen LogP contribution in [0.25, 0.3) is 6.08 Å². The van der Waals surface area contributed by atoms with Gasteiger partial charge < -0.3 is 0 Å². The van der Waals surface area contributed by atoms with Gasteiger partial charge >= 0.3 is 0 Å². The summed E-state index contributed by atoms with van der Waals surface area (Å²) >= 11 is 3.38. The Hall–Kier alpha value is -0.820. The Balaban J connectivity index is 0.000000364. The zero-order valence-corrected chi connectivity index (χ0v) is 10.5. The van der Waals surface area contributed by atoms with E-state index in [0.717, 1.165) is 5.33 Å². The highest BCUT2D eigenvalue weighted by molar-refractivity contribution is 9.08. The molecule has 14 heavy (non-hydrogen) atoms. The quantitative estimate of drug-likeness (QED) is 0.524. The fourth-order valence-corrected chi connectivity index (χ4v) is 1.12. The van der Waals surface area contributed by atoms with Crippen LogP contribution in [0, 0.1) is 0 Å². The van der Waals surface area contributed by atoms with Crippen molar-refractivity contribution in [3.63, 3.8) is 0 Å². The van der Waals surface area contributed by atoms with E-state index in [2.05, 4.69) is 53.4 Å². The second-order valence-corrected chi connectivity index (χ2v) is 3.85. The Labute approximate surface area is 95.5 Å². The van der Waals surface area contributed by atoms with Gasteiger partial charge in [0.25, 0.3) is 0 Å². The van der Waals surface area contributed by atoms with Crippen LogP contribution in [-0.2, 0) is 5.33 Å². The van der Waals surface area contributed by atoms with Crippen LogP contribution in [0.3, 0.4) is 0 Å². The average Bonchev–Trinajstić information content (AvgIpc) is 2.17. The van der Waals surface area contributed by atoms with Gasteiger partial charge in [-0.05, 0) is 25.0 Å². The van der Waals surface area contributed by atoms with Crippen LogP contribution in [0.5, 0.6) is 0 Å². The maximum absolute atomic E-state index is 3.67. The van der Waals surface area contributed by atoms with Crippen molar-refractivity contribution in [3.8, 4) is 0 Å². The third-order valence-electron chi connectivity index (χ3n) is 1.37. The molecule has 0 amide bonds. The molecular formula is C13H17Br. The molecule has 0 spiro atoms. The fraction of sp³-hybridized carbons (Fsp3) is 0.231. The van der Waals surface area contributed by atoms with Gasteiger partial charge in [-0.3, -0.25) is 0 Å². The van der Waals surface area contributed by atoms with Crippen molar-refractivity contribution < 1.29 is 0 Å². The second kappa shape index (κ2) is 7.57. The highest BCUT2D eigenvalue weighted by atomic mass is 79.9. The van der Waals surface area contributed by atoms with Gasteiger partial charge in [0, 0.05) is 5.33 Å². The van der Waals surface area contributed by atoms with Crippen molar-refractivity contribution in [3.05, 3.63) is 54.1 Å². The van der Waals surface area contributed by atoms with Crippen molar-refractivity contribution in [2.45, 2.75) is 19.2 Å². The Morgan fingerprint density at radius 1 is 1.29 bits per heavy atom. The van der Waals surface area contributed by atoms with Crippen LogP contribution >= 0.6 is 15.9 Å². The first-order chi connectivity index (χ1) is 6.60. The van der Waals surface area contributed by atoms with Crippen LogP contribution in [-0.4, -0.2) is 0 Å². The summed E-state index contributed by atoms with van der Waals surface area (Å²) in [4.78, 5) is 0. The summed E-state index contributed by atoms with van der Waals surface area (Å²) in [6.45, 7) is 11.2. The molecule has 0 fully saturated rings. The van der Waals surface area contributed by atoms with Crippen molar-refractivity contribution in [1.82, 2.24) is 0 Å². The molecule has 0 saturated heterocycles. The summed E-state index contributed by atoms with van der Waals surface area (Å²) in [5.74, 6) is 0. The van der Waals surface area contributed by atoms with Crippen molar-refractivity contribution >= 4 is 22.0 Å². The molecule has 0 heterocycles. The molecule has 0 aliphatic rings. The molecule has 0 atom stereocenters. The Morgan fingerprint density at radius 2 is 1.71 bits per heavy atom. The van der Waals surface area contributed by atoms with Crippen molar-refractivity contribution in [1.29, 1.82) is 0 Å². The summed E-state index contributed by atoms with van der Waals surface area (Å²) in [5, 5.41) is 0.921. The Bertz CT molecular complexity index is 279. The van der Waals surface area contributed by atoms with E-state index in [1.54, 1.807) is 0 Å². The number of benzene rings is 1. The van der Waals surface area contributed by atoms with E-state index in [-0.39, 0.29) is 0 Å². The summed E-state index contributed by atoms with van der Waals surface area (Å²) in [6.07, 6.45) is 1.85. The lowest BCUT2D eigenvalue weighted by molar-refractivity contribution is 1.42. The minimum absolute atomic E-state index is 0.921. The van der Waals surface area contributed by atoms with Gasteiger partial charge in [-0.2, -0.15) is 0 Å². The van der Waals surface area contributed by atoms with E-state index in [1.807, 2.05) is 19.9 Å². The highest BCUT2D eigenvalue weighted by Crippen LogP contribution is 2.07. The first-order valence-electron chi connectivity index (χ1n) is 4.49. The van der Waals surface area contributed by atoms with E-state index in [1.165, 1.54) is 16.7 Å². The molecule has 0 aliphatic carbocycles. The normalized spacial score (nSPS) is 8.50. The third-order valence-corrected chi connectivity index (χ3v) is 2.02. The SMILES string of the molecule is C=C(C)C.C=Cc1ccc(CBr)cc1. The molecular weight excluding hydrogens is 236 g/mol. The summed E-state index contributed by atoms with van der Waals surface area (Å²) in [6, 6.07) is 8.30. The summed E-state index contributed by atoms with van der Waals surface area (Å²) in [7, 11) is 0. The van der Waals surface area contributed by atoms with Crippen LogP contribution in [0.1, 0.15) is 25.0 Å².